The summed E-state index contributed by atoms with van der Waals surface area (Å²) >= 11 is 0. The Kier molecular flexibility index (Phi) is 7.33. The first-order chi connectivity index (χ1) is 17.1. The molecule has 1 heterocycles. The van der Waals surface area contributed by atoms with Gasteiger partial charge in [-0.25, -0.2) is 8.42 Å². The fourth-order valence-electron chi connectivity index (χ4n) is 3.99. The molecular weight excluding hydrogens is 489 g/mol. The Bertz CT molecular complexity index is 1500. The number of nitrogens with zero attached hydrogens (tertiary/aromatic N) is 1. The van der Waals surface area contributed by atoms with E-state index in [4.69, 9.17) is 4.74 Å². The van der Waals surface area contributed by atoms with E-state index in [1.807, 2.05) is 6.92 Å². The molecule has 0 aliphatic rings. The Balaban J connectivity index is 1.82. The fraction of sp³-hybridized carbons (Fsp3) is 0.222. The van der Waals surface area contributed by atoms with Crippen molar-refractivity contribution in [2.24, 2.45) is 0 Å². The van der Waals surface area contributed by atoms with E-state index >= 15 is 0 Å². The lowest BCUT2D eigenvalue weighted by molar-refractivity contribution is -0.136. The zero-order valence-corrected chi connectivity index (χ0v) is 20.6. The maximum atomic E-state index is 13.7. The second-order valence-electron chi connectivity index (χ2n) is 8.41. The summed E-state index contributed by atoms with van der Waals surface area (Å²) in [5, 5.41) is 3.68. The van der Waals surface area contributed by atoms with E-state index in [2.05, 4.69) is 10.3 Å². The van der Waals surface area contributed by atoms with Crippen LogP contribution in [0.3, 0.4) is 0 Å². The van der Waals surface area contributed by atoms with Gasteiger partial charge in [0, 0.05) is 24.4 Å². The summed E-state index contributed by atoms with van der Waals surface area (Å²) in [7, 11) is -3.41. The van der Waals surface area contributed by atoms with Gasteiger partial charge in [-0.05, 0) is 66.1 Å². The number of nitrogens with one attached hydrogen (secondary N) is 1. The van der Waals surface area contributed by atoms with Crippen molar-refractivity contribution in [1.29, 1.82) is 0 Å². The van der Waals surface area contributed by atoms with Gasteiger partial charge < -0.3 is 10.1 Å². The molecule has 3 aromatic carbocycles. The highest BCUT2D eigenvalue weighted by molar-refractivity contribution is 7.90. The first-order valence-electron chi connectivity index (χ1n) is 11.3. The van der Waals surface area contributed by atoms with Gasteiger partial charge in [0.15, 0.2) is 9.84 Å². The van der Waals surface area contributed by atoms with Gasteiger partial charge in [0.2, 0.25) is 0 Å². The highest BCUT2D eigenvalue weighted by Crippen LogP contribution is 2.39. The SMILES string of the molecule is CCCNCc1cnc2c(C(F)(F)F)cccc2c1-c1cccc(Oc2cccc(S(C)(=O)=O)c2)c1. The van der Waals surface area contributed by atoms with E-state index in [-0.39, 0.29) is 10.4 Å². The lowest BCUT2D eigenvalue weighted by atomic mass is 9.94. The van der Waals surface area contributed by atoms with Crippen LogP contribution in [-0.2, 0) is 22.6 Å². The average Bonchev–Trinajstić information content (AvgIpc) is 2.83. The number of benzene rings is 3. The van der Waals surface area contributed by atoms with E-state index in [1.165, 1.54) is 24.4 Å². The molecule has 0 saturated carbocycles. The summed E-state index contributed by atoms with van der Waals surface area (Å²) < 4.78 is 70.8. The van der Waals surface area contributed by atoms with E-state index in [0.717, 1.165) is 30.9 Å². The second kappa shape index (κ2) is 10.3. The molecule has 0 aliphatic heterocycles. The number of halogens is 3. The molecule has 188 valence electrons. The normalized spacial score (nSPS) is 12.1. The van der Waals surface area contributed by atoms with E-state index in [1.54, 1.807) is 42.5 Å². The number of aromatic nitrogens is 1. The Labute approximate surface area is 207 Å². The predicted molar refractivity (Wildman–Crippen MR) is 134 cm³/mol. The third-order valence-corrected chi connectivity index (χ3v) is 6.73. The summed E-state index contributed by atoms with van der Waals surface area (Å²) in [6.07, 6.45) is -1.03. The molecular formula is C27H25F3N2O3S. The standard InChI is InChI=1S/C27H25F3N2O3S/c1-3-13-31-16-19-17-32-26-23(11-6-12-24(26)27(28,29)30)25(19)18-7-4-8-20(14-18)35-21-9-5-10-22(15-21)36(2,33)34/h4-12,14-15,17,31H,3,13,16H2,1-2H3. The van der Waals surface area contributed by atoms with Gasteiger partial charge in [-0.1, -0.05) is 37.3 Å². The Morgan fingerprint density at radius 1 is 0.972 bits per heavy atom. The van der Waals surface area contributed by atoms with Gasteiger partial charge in [-0.2, -0.15) is 13.2 Å². The molecule has 5 nitrogen and oxygen atoms in total. The molecule has 0 aliphatic carbocycles. The van der Waals surface area contributed by atoms with Crippen LogP contribution in [0.4, 0.5) is 13.2 Å². The number of pyridine rings is 1. The molecule has 36 heavy (non-hydrogen) atoms. The van der Waals surface area contributed by atoms with Gasteiger partial charge in [-0.15, -0.1) is 0 Å². The predicted octanol–water partition coefficient (Wildman–Crippen LogP) is 6.62. The second-order valence-corrected chi connectivity index (χ2v) is 10.4. The number of alkyl halides is 3. The number of para-hydroxylation sites is 1. The van der Waals surface area contributed by atoms with Gasteiger partial charge in [0.05, 0.1) is 16.0 Å². The summed E-state index contributed by atoms with van der Waals surface area (Å²) in [5.74, 6) is 0.751. The fourth-order valence-corrected chi connectivity index (χ4v) is 4.64. The smallest absolute Gasteiger partial charge is 0.418 e. The number of ether oxygens (including phenoxy) is 1. The quantitative estimate of drug-likeness (QED) is 0.268. The zero-order valence-electron chi connectivity index (χ0n) is 19.8. The van der Waals surface area contributed by atoms with Crippen molar-refractivity contribution < 1.29 is 26.3 Å². The van der Waals surface area contributed by atoms with Crippen molar-refractivity contribution in [3.8, 4) is 22.6 Å². The zero-order chi connectivity index (χ0) is 25.9. The molecule has 1 N–H and O–H groups in total. The Morgan fingerprint density at radius 3 is 2.36 bits per heavy atom. The van der Waals surface area contributed by atoms with Crippen LogP contribution in [0.5, 0.6) is 11.5 Å². The summed E-state index contributed by atoms with van der Waals surface area (Å²) in [5.41, 5.74) is 1.13. The van der Waals surface area contributed by atoms with Crippen molar-refractivity contribution >= 4 is 20.7 Å². The van der Waals surface area contributed by atoms with Crippen LogP contribution in [0.15, 0.2) is 77.8 Å². The Morgan fingerprint density at radius 2 is 1.67 bits per heavy atom. The van der Waals surface area contributed by atoms with Crippen LogP contribution in [0.2, 0.25) is 0 Å². The van der Waals surface area contributed by atoms with E-state index < -0.39 is 21.6 Å². The molecule has 0 unspecified atom stereocenters. The number of fused-ring (bicyclic) bond motifs is 1. The van der Waals surface area contributed by atoms with Crippen LogP contribution >= 0.6 is 0 Å². The number of rotatable bonds is 8. The van der Waals surface area contributed by atoms with Crippen LogP contribution in [0.25, 0.3) is 22.0 Å². The molecule has 0 amide bonds. The molecule has 0 atom stereocenters. The minimum Gasteiger partial charge on any atom is -0.457 e. The first-order valence-corrected chi connectivity index (χ1v) is 13.2. The number of sulfone groups is 1. The van der Waals surface area contributed by atoms with Crippen molar-refractivity contribution in [1.82, 2.24) is 10.3 Å². The monoisotopic (exact) mass is 514 g/mol. The largest absolute Gasteiger partial charge is 0.457 e. The van der Waals surface area contributed by atoms with Gasteiger partial charge in [0.25, 0.3) is 0 Å². The minimum atomic E-state index is -4.54. The first kappa shape index (κ1) is 25.7. The van der Waals surface area contributed by atoms with Crippen molar-refractivity contribution in [3.63, 3.8) is 0 Å². The van der Waals surface area contributed by atoms with Gasteiger partial charge >= 0.3 is 6.18 Å². The lowest BCUT2D eigenvalue weighted by Crippen LogP contribution is -2.15. The molecule has 0 fully saturated rings. The molecule has 4 aromatic rings. The lowest BCUT2D eigenvalue weighted by Gasteiger charge is -2.17. The Hall–Kier alpha value is -3.43. The molecule has 9 heteroatoms. The third kappa shape index (κ3) is 5.68. The van der Waals surface area contributed by atoms with Crippen LogP contribution in [-0.4, -0.2) is 26.2 Å². The molecule has 4 rings (SSSR count). The minimum absolute atomic E-state index is 0.119. The van der Waals surface area contributed by atoms with Crippen molar-refractivity contribution in [2.45, 2.75) is 31.0 Å². The van der Waals surface area contributed by atoms with Crippen LogP contribution < -0.4 is 10.1 Å². The number of hydrogen-bond acceptors (Lipinski definition) is 5. The van der Waals surface area contributed by atoms with Crippen LogP contribution in [0, 0.1) is 0 Å². The maximum Gasteiger partial charge on any atom is 0.418 e. The van der Waals surface area contributed by atoms with Crippen molar-refractivity contribution in [3.05, 3.63) is 84.1 Å². The number of hydrogen-bond donors (Lipinski definition) is 1. The topological polar surface area (TPSA) is 68.3 Å². The summed E-state index contributed by atoms with van der Waals surface area (Å²) in [4.78, 5) is 4.31. The molecule has 1 aromatic heterocycles. The highest BCUT2D eigenvalue weighted by Gasteiger charge is 2.33. The molecule has 0 saturated heterocycles. The molecule has 0 spiro atoms. The van der Waals surface area contributed by atoms with Gasteiger partial charge in [-0.3, -0.25) is 4.98 Å². The van der Waals surface area contributed by atoms with E-state index in [9.17, 15) is 21.6 Å². The maximum absolute atomic E-state index is 13.7. The average molecular weight is 515 g/mol. The summed E-state index contributed by atoms with van der Waals surface area (Å²) in [6, 6.07) is 17.2. The van der Waals surface area contributed by atoms with Crippen molar-refractivity contribution in [2.75, 3.05) is 12.8 Å². The van der Waals surface area contributed by atoms with Gasteiger partial charge in [0.1, 0.15) is 11.5 Å². The molecule has 0 bridgehead atoms. The summed E-state index contributed by atoms with van der Waals surface area (Å²) in [6.45, 7) is 3.21. The third-order valence-electron chi connectivity index (χ3n) is 5.62. The van der Waals surface area contributed by atoms with Crippen LogP contribution in [0.1, 0.15) is 24.5 Å². The molecule has 0 radical (unpaired) electrons. The van der Waals surface area contributed by atoms with E-state index in [0.29, 0.717) is 34.6 Å². The highest BCUT2D eigenvalue weighted by atomic mass is 32.2.